The fraction of sp³-hybridized carbons (Fsp3) is 0.636. The van der Waals surface area contributed by atoms with E-state index < -0.39 is 17.7 Å². The first-order chi connectivity index (χ1) is 8.73. The van der Waals surface area contributed by atoms with E-state index in [9.17, 15) is 23.1 Å². The zero-order valence-corrected chi connectivity index (χ0v) is 10.3. The van der Waals surface area contributed by atoms with E-state index in [-0.39, 0.29) is 5.82 Å². The summed E-state index contributed by atoms with van der Waals surface area (Å²) in [5.41, 5.74) is -3.42. The van der Waals surface area contributed by atoms with Crippen molar-refractivity contribution in [2.24, 2.45) is 0 Å². The molecule has 1 atom stereocenters. The average molecular weight is 277 g/mol. The molecule has 1 amide bonds. The number of aliphatic hydroxyl groups is 1. The van der Waals surface area contributed by atoms with Crippen molar-refractivity contribution in [1.29, 1.82) is 0 Å². The fourth-order valence-electron chi connectivity index (χ4n) is 1.88. The molecule has 2 heterocycles. The Morgan fingerprint density at radius 2 is 2.16 bits per heavy atom. The van der Waals surface area contributed by atoms with Crippen LogP contribution in [0.2, 0.25) is 0 Å². The minimum absolute atomic E-state index is 0.184. The lowest BCUT2D eigenvalue weighted by Crippen LogP contribution is -2.52. The number of imidazole rings is 1. The van der Waals surface area contributed by atoms with Gasteiger partial charge in [0.15, 0.2) is 0 Å². The van der Waals surface area contributed by atoms with Crippen molar-refractivity contribution < 1.29 is 23.1 Å². The van der Waals surface area contributed by atoms with Gasteiger partial charge in [0.25, 0.3) is 5.91 Å². The molecule has 0 radical (unpaired) electrons. The highest BCUT2D eigenvalue weighted by Crippen LogP contribution is 2.31. The SMILES string of the molecule is C[C@@](O)(C(=O)Nc1cnc2n1CCCC2)C(F)(F)F. The molecule has 1 aliphatic heterocycles. The monoisotopic (exact) mass is 277 g/mol. The van der Waals surface area contributed by atoms with Gasteiger partial charge in [0.1, 0.15) is 11.6 Å². The molecule has 0 unspecified atom stereocenters. The predicted octanol–water partition coefficient (Wildman–Crippen LogP) is 1.47. The maximum absolute atomic E-state index is 12.5. The quantitative estimate of drug-likeness (QED) is 0.860. The molecule has 19 heavy (non-hydrogen) atoms. The zero-order valence-electron chi connectivity index (χ0n) is 10.3. The molecule has 1 aliphatic rings. The summed E-state index contributed by atoms with van der Waals surface area (Å²) in [4.78, 5) is 15.6. The number of nitrogens with zero attached hydrogens (tertiary/aromatic N) is 2. The fourth-order valence-corrected chi connectivity index (χ4v) is 1.88. The molecule has 0 aliphatic carbocycles. The van der Waals surface area contributed by atoms with Gasteiger partial charge >= 0.3 is 6.18 Å². The number of carbonyl (C=O) groups is 1. The predicted molar refractivity (Wildman–Crippen MR) is 60.5 cm³/mol. The second kappa shape index (κ2) is 4.52. The van der Waals surface area contributed by atoms with Crippen molar-refractivity contribution in [2.45, 2.75) is 44.5 Å². The van der Waals surface area contributed by atoms with Crippen LogP contribution in [0.5, 0.6) is 0 Å². The van der Waals surface area contributed by atoms with E-state index in [1.165, 1.54) is 6.20 Å². The Hall–Kier alpha value is -1.57. The minimum Gasteiger partial charge on any atom is -0.373 e. The van der Waals surface area contributed by atoms with E-state index >= 15 is 0 Å². The first-order valence-corrected chi connectivity index (χ1v) is 5.88. The highest BCUT2D eigenvalue weighted by Gasteiger charge is 2.55. The summed E-state index contributed by atoms with van der Waals surface area (Å²) in [5, 5.41) is 11.3. The van der Waals surface area contributed by atoms with E-state index in [1.807, 2.05) is 0 Å². The first kappa shape index (κ1) is 13.9. The second-order valence-electron chi connectivity index (χ2n) is 4.69. The summed E-state index contributed by atoms with van der Waals surface area (Å²) in [6.07, 6.45) is -1.15. The van der Waals surface area contributed by atoms with Crippen LogP contribution in [0.4, 0.5) is 19.0 Å². The maximum Gasteiger partial charge on any atom is 0.426 e. The Bertz CT molecular complexity index is 494. The molecule has 8 heteroatoms. The molecule has 0 fully saturated rings. The number of fused-ring (bicyclic) bond motifs is 1. The van der Waals surface area contributed by atoms with Crippen LogP contribution in [-0.4, -0.2) is 32.3 Å². The number of hydrogen-bond donors (Lipinski definition) is 2. The van der Waals surface area contributed by atoms with Crippen LogP contribution in [0.25, 0.3) is 0 Å². The van der Waals surface area contributed by atoms with Gasteiger partial charge in [0.2, 0.25) is 5.60 Å². The topological polar surface area (TPSA) is 67.2 Å². The molecule has 1 aromatic rings. The van der Waals surface area contributed by atoms with Gasteiger partial charge in [-0.15, -0.1) is 0 Å². The lowest BCUT2D eigenvalue weighted by Gasteiger charge is -2.25. The van der Waals surface area contributed by atoms with Crippen LogP contribution < -0.4 is 5.32 Å². The highest BCUT2D eigenvalue weighted by atomic mass is 19.4. The van der Waals surface area contributed by atoms with E-state index in [2.05, 4.69) is 10.3 Å². The van der Waals surface area contributed by atoms with E-state index in [1.54, 1.807) is 4.57 Å². The molecular formula is C11H14F3N3O2. The molecule has 5 nitrogen and oxygen atoms in total. The smallest absolute Gasteiger partial charge is 0.373 e. The Kier molecular flexibility index (Phi) is 3.29. The molecule has 0 spiro atoms. The van der Waals surface area contributed by atoms with Gasteiger partial charge in [-0.1, -0.05) is 0 Å². The second-order valence-corrected chi connectivity index (χ2v) is 4.69. The third-order valence-corrected chi connectivity index (χ3v) is 3.21. The van der Waals surface area contributed by atoms with Gasteiger partial charge in [-0.05, 0) is 19.8 Å². The normalized spacial score (nSPS) is 18.6. The maximum atomic E-state index is 12.5. The van der Waals surface area contributed by atoms with Crippen molar-refractivity contribution in [3.8, 4) is 0 Å². The minimum atomic E-state index is -5.03. The molecule has 0 aromatic carbocycles. The van der Waals surface area contributed by atoms with Gasteiger partial charge in [-0.3, -0.25) is 4.79 Å². The van der Waals surface area contributed by atoms with Gasteiger partial charge in [-0.2, -0.15) is 13.2 Å². The first-order valence-electron chi connectivity index (χ1n) is 5.88. The molecular weight excluding hydrogens is 263 g/mol. The third kappa shape index (κ3) is 2.44. The summed E-state index contributed by atoms with van der Waals surface area (Å²) < 4.78 is 39.2. The number of carbonyl (C=O) groups excluding carboxylic acids is 1. The zero-order chi connectivity index (χ0) is 14.3. The number of alkyl halides is 3. The Morgan fingerprint density at radius 1 is 1.47 bits per heavy atom. The average Bonchev–Trinajstić information content (AvgIpc) is 2.71. The number of amides is 1. The van der Waals surface area contributed by atoms with Crippen molar-refractivity contribution in [2.75, 3.05) is 5.32 Å². The van der Waals surface area contributed by atoms with E-state index in [4.69, 9.17) is 0 Å². The van der Waals surface area contributed by atoms with Crippen LogP contribution >= 0.6 is 0 Å². The van der Waals surface area contributed by atoms with Gasteiger partial charge in [0.05, 0.1) is 6.20 Å². The molecule has 106 valence electrons. The lowest BCUT2D eigenvalue weighted by atomic mass is 10.1. The van der Waals surface area contributed by atoms with E-state index in [0.29, 0.717) is 13.5 Å². The largest absolute Gasteiger partial charge is 0.426 e. The van der Waals surface area contributed by atoms with Gasteiger partial charge in [0, 0.05) is 13.0 Å². The summed E-state index contributed by atoms with van der Waals surface area (Å²) in [6.45, 7) is 1.02. The summed E-state index contributed by atoms with van der Waals surface area (Å²) in [7, 11) is 0. The highest BCUT2D eigenvalue weighted by molar-refractivity contribution is 5.96. The number of hydrogen-bond acceptors (Lipinski definition) is 3. The Labute approximate surface area is 107 Å². The number of aryl methyl sites for hydroxylation is 1. The Morgan fingerprint density at radius 3 is 2.79 bits per heavy atom. The molecule has 0 saturated heterocycles. The third-order valence-electron chi connectivity index (χ3n) is 3.21. The summed E-state index contributed by atoms with van der Waals surface area (Å²) in [5.74, 6) is -0.592. The number of nitrogens with one attached hydrogen (secondary N) is 1. The van der Waals surface area contributed by atoms with Crippen molar-refractivity contribution in [1.82, 2.24) is 9.55 Å². The van der Waals surface area contributed by atoms with Gasteiger partial charge in [-0.25, -0.2) is 4.98 Å². The summed E-state index contributed by atoms with van der Waals surface area (Å²) >= 11 is 0. The standard InChI is InChI=1S/C11H14F3N3O2/c1-10(19,11(12,13)14)9(18)16-8-6-15-7-4-2-3-5-17(7)8/h6,19H,2-5H2,1H3,(H,16,18)/t10-/m1/s1. The lowest BCUT2D eigenvalue weighted by molar-refractivity contribution is -0.242. The van der Waals surface area contributed by atoms with Crippen LogP contribution in [0.1, 0.15) is 25.6 Å². The van der Waals surface area contributed by atoms with Crippen LogP contribution in [0.3, 0.4) is 0 Å². The number of rotatable bonds is 2. The number of anilines is 1. The number of halogens is 3. The summed E-state index contributed by atoms with van der Waals surface area (Å²) in [6, 6.07) is 0. The van der Waals surface area contributed by atoms with Crippen molar-refractivity contribution in [3.05, 3.63) is 12.0 Å². The Balaban J connectivity index is 2.18. The van der Waals surface area contributed by atoms with E-state index in [0.717, 1.165) is 25.1 Å². The van der Waals surface area contributed by atoms with Crippen molar-refractivity contribution >= 4 is 11.7 Å². The molecule has 0 bridgehead atoms. The van der Waals surface area contributed by atoms with Crippen LogP contribution in [0, 0.1) is 0 Å². The molecule has 2 rings (SSSR count). The number of aromatic nitrogens is 2. The molecule has 0 saturated carbocycles. The van der Waals surface area contributed by atoms with Gasteiger partial charge < -0.3 is 15.0 Å². The molecule has 1 aromatic heterocycles. The van der Waals surface area contributed by atoms with Crippen LogP contribution in [-0.2, 0) is 17.8 Å². The van der Waals surface area contributed by atoms with Crippen LogP contribution in [0.15, 0.2) is 6.20 Å². The molecule has 2 N–H and O–H groups in total. The van der Waals surface area contributed by atoms with Crippen molar-refractivity contribution in [3.63, 3.8) is 0 Å².